The number of ether oxygens (including phenoxy) is 4. The van der Waals surface area contributed by atoms with Gasteiger partial charge in [0.1, 0.15) is 17.4 Å². The molecule has 1 saturated heterocycles. The van der Waals surface area contributed by atoms with Crippen molar-refractivity contribution < 1.29 is 28.5 Å². The summed E-state index contributed by atoms with van der Waals surface area (Å²) in [6.07, 6.45) is 1.16. The first-order valence-electron chi connectivity index (χ1n) is 9.95. The number of carbonyl (C=O) groups excluding carboxylic acids is 2. The Morgan fingerprint density at radius 1 is 1.14 bits per heavy atom. The van der Waals surface area contributed by atoms with E-state index in [2.05, 4.69) is 5.32 Å². The van der Waals surface area contributed by atoms with E-state index in [4.69, 9.17) is 18.9 Å². The van der Waals surface area contributed by atoms with Crippen LogP contribution in [0.5, 0.6) is 11.5 Å². The molecule has 1 heterocycles. The van der Waals surface area contributed by atoms with Gasteiger partial charge in [0.05, 0.1) is 13.7 Å². The molecule has 3 unspecified atom stereocenters. The number of benzene rings is 1. The van der Waals surface area contributed by atoms with Gasteiger partial charge in [0.2, 0.25) is 0 Å². The standard InChI is InChI=1S/C22H33NO6/c1-14(24)16-13-17(21(25)29-22(2,3)4)23-20(16)15-8-9-18(27-6)19(12-15)28-11-7-10-26-5/h8-9,12,16-17,20,23H,7,10-11,13H2,1-6H3. The lowest BCUT2D eigenvalue weighted by molar-refractivity contribution is -0.157. The largest absolute Gasteiger partial charge is 0.493 e. The smallest absolute Gasteiger partial charge is 0.323 e. The summed E-state index contributed by atoms with van der Waals surface area (Å²) in [7, 11) is 3.23. The summed E-state index contributed by atoms with van der Waals surface area (Å²) >= 11 is 0. The molecule has 1 aromatic carbocycles. The van der Waals surface area contributed by atoms with E-state index in [0.717, 1.165) is 12.0 Å². The molecule has 7 heteroatoms. The molecule has 0 bridgehead atoms. The predicted octanol–water partition coefficient (Wildman–Crippen LogP) is 3.06. The highest BCUT2D eigenvalue weighted by molar-refractivity contribution is 5.83. The number of Topliss-reactive ketones (excluding diaryl/α,β-unsaturated/α-hetero) is 1. The quantitative estimate of drug-likeness (QED) is 0.497. The maximum absolute atomic E-state index is 12.5. The Labute approximate surface area is 173 Å². The Bertz CT molecular complexity index is 712. The maximum Gasteiger partial charge on any atom is 0.323 e. The Hall–Kier alpha value is -2.12. The number of rotatable bonds is 9. The first-order valence-corrected chi connectivity index (χ1v) is 9.95. The van der Waals surface area contributed by atoms with Crippen LogP contribution in [0.2, 0.25) is 0 Å². The van der Waals surface area contributed by atoms with Crippen molar-refractivity contribution in [3.63, 3.8) is 0 Å². The molecule has 0 radical (unpaired) electrons. The van der Waals surface area contributed by atoms with E-state index >= 15 is 0 Å². The molecule has 1 aliphatic heterocycles. The van der Waals surface area contributed by atoms with Gasteiger partial charge in [-0.05, 0) is 51.8 Å². The summed E-state index contributed by atoms with van der Waals surface area (Å²) in [5.74, 6) is 0.600. The topological polar surface area (TPSA) is 83.1 Å². The van der Waals surface area contributed by atoms with E-state index < -0.39 is 11.6 Å². The van der Waals surface area contributed by atoms with E-state index in [0.29, 0.717) is 31.1 Å². The second-order valence-electron chi connectivity index (χ2n) is 8.29. The number of methoxy groups -OCH3 is 2. The molecule has 1 aliphatic rings. The first-order chi connectivity index (χ1) is 13.7. The SMILES string of the molecule is COCCCOc1cc(C2NC(C(=O)OC(C)(C)C)CC2C(C)=O)ccc1OC. The average molecular weight is 408 g/mol. The summed E-state index contributed by atoms with van der Waals surface area (Å²) < 4.78 is 21.8. The van der Waals surface area contributed by atoms with Crippen LogP contribution < -0.4 is 14.8 Å². The molecule has 1 fully saturated rings. The number of ketones is 1. The van der Waals surface area contributed by atoms with Crippen molar-refractivity contribution in [3.05, 3.63) is 23.8 Å². The zero-order valence-corrected chi connectivity index (χ0v) is 18.2. The van der Waals surface area contributed by atoms with Gasteiger partial charge in [-0.25, -0.2) is 0 Å². The van der Waals surface area contributed by atoms with Crippen molar-refractivity contribution in [1.82, 2.24) is 5.32 Å². The molecule has 2 rings (SSSR count). The number of hydrogen-bond acceptors (Lipinski definition) is 7. The molecular weight excluding hydrogens is 374 g/mol. The summed E-state index contributed by atoms with van der Waals surface area (Å²) in [4.78, 5) is 24.8. The molecule has 0 aromatic heterocycles. The summed E-state index contributed by atoms with van der Waals surface area (Å²) in [5.41, 5.74) is 0.296. The minimum Gasteiger partial charge on any atom is -0.493 e. The van der Waals surface area contributed by atoms with Gasteiger partial charge in [-0.2, -0.15) is 0 Å². The fourth-order valence-electron chi connectivity index (χ4n) is 3.44. The molecule has 0 aliphatic carbocycles. The fourth-order valence-corrected chi connectivity index (χ4v) is 3.44. The van der Waals surface area contributed by atoms with Gasteiger partial charge in [0.25, 0.3) is 0 Å². The molecular formula is C22H33NO6. The van der Waals surface area contributed by atoms with E-state index in [1.54, 1.807) is 21.1 Å². The number of nitrogens with one attached hydrogen (secondary N) is 1. The van der Waals surface area contributed by atoms with Crippen LogP contribution in [0.25, 0.3) is 0 Å². The van der Waals surface area contributed by atoms with Crippen molar-refractivity contribution in [2.75, 3.05) is 27.4 Å². The van der Waals surface area contributed by atoms with Crippen LogP contribution in [0.1, 0.15) is 52.1 Å². The predicted molar refractivity (Wildman–Crippen MR) is 109 cm³/mol. The van der Waals surface area contributed by atoms with Gasteiger partial charge < -0.3 is 18.9 Å². The number of carbonyl (C=O) groups is 2. The molecule has 0 spiro atoms. The Balaban J connectivity index is 2.21. The van der Waals surface area contributed by atoms with Crippen LogP contribution in [0.15, 0.2) is 18.2 Å². The minimum atomic E-state index is -0.577. The molecule has 3 atom stereocenters. The van der Waals surface area contributed by atoms with Crippen LogP contribution in [0.3, 0.4) is 0 Å². The van der Waals surface area contributed by atoms with Crippen molar-refractivity contribution in [2.45, 2.75) is 58.2 Å². The molecule has 162 valence electrons. The Kier molecular flexibility index (Phi) is 8.05. The third-order valence-electron chi connectivity index (χ3n) is 4.78. The lowest BCUT2D eigenvalue weighted by Gasteiger charge is -2.23. The molecule has 1 aromatic rings. The highest BCUT2D eigenvalue weighted by Gasteiger charge is 2.42. The van der Waals surface area contributed by atoms with Crippen LogP contribution in [-0.4, -0.2) is 50.8 Å². The second kappa shape index (κ2) is 10.1. The zero-order valence-electron chi connectivity index (χ0n) is 18.2. The molecule has 7 nitrogen and oxygen atoms in total. The van der Waals surface area contributed by atoms with Gasteiger partial charge in [0.15, 0.2) is 11.5 Å². The van der Waals surface area contributed by atoms with Gasteiger partial charge in [-0.15, -0.1) is 0 Å². The van der Waals surface area contributed by atoms with Gasteiger partial charge in [0, 0.05) is 32.1 Å². The number of esters is 1. The monoisotopic (exact) mass is 407 g/mol. The van der Waals surface area contributed by atoms with Gasteiger partial charge in [-0.1, -0.05) is 6.07 Å². The molecule has 29 heavy (non-hydrogen) atoms. The lowest BCUT2D eigenvalue weighted by Crippen LogP contribution is -2.38. The average Bonchev–Trinajstić information content (AvgIpc) is 3.10. The molecule has 1 N–H and O–H groups in total. The van der Waals surface area contributed by atoms with Crippen molar-refractivity contribution in [1.29, 1.82) is 0 Å². The van der Waals surface area contributed by atoms with Gasteiger partial charge >= 0.3 is 5.97 Å². The highest BCUT2D eigenvalue weighted by Crippen LogP contribution is 2.38. The van der Waals surface area contributed by atoms with Gasteiger partial charge in [-0.3, -0.25) is 14.9 Å². The normalized spacial score (nSPS) is 21.7. The lowest BCUT2D eigenvalue weighted by atomic mass is 9.90. The second-order valence-corrected chi connectivity index (χ2v) is 8.29. The van der Waals surface area contributed by atoms with Crippen LogP contribution in [0, 0.1) is 5.92 Å². The van der Waals surface area contributed by atoms with Crippen molar-refractivity contribution in [2.24, 2.45) is 5.92 Å². The summed E-state index contributed by atoms with van der Waals surface area (Å²) in [6, 6.07) is 4.77. The molecule has 0 amide bonds. The van der Waals surface area contributed by atoms with E-state index in [-0.39, 0.29) is 23.7 Å². The Morgan fingerprint density at radius 2 is 1.86 bits per heavy atom. The summed E-state index contributed by atoms with van der Waals surface area (Å²) in [5, 5.41) is 3.29. The minimum absolute atomic E-state index is 0.0342. The van der Waals surface area contributed by atoms with E-state index in [1.165, 1.54) is 0 Å². The fraction of sp³-hybridized carbons (Fsp3) is 0.636. The van der Waals surface area contributed by atoms with E-state index in [1.807, 2.05) is 39.0 Å². The third-order valence-corrected chi connectivity index (χ3v) is 4.78. The Morgan fingerprint density at radius 3 is 2.45 bits per heavy atom. The van der Waals surface area contributed by atoms with Crippen LogP contribution in [0.4, 0.5) is 0 Å². The number of hydrogen-bond donors (Lipinski definition) is 1. The van der Waals surface area contributed by atoms with Crippen molar-refractivity contribution >= 4 is 11.8 Å². The maximum atomic E-state index is 12.5. The van der Waals surface area contributed by atoms with E-state index in [9.17, 15) is 9.59 Å². The summed E-state index contributed by atoms with van der Waals surface area (Å²) in [6.45, 7) is 8.14. The third kappa shape index (κ3) is 6.44. The van der Waals surface area contributed by atoms with Crippen molar-refractivity contribution in [3.8, 4) is 11.5 Å². The van der Waals surface area contributed by atoms with Crippen LogP contribution in [-0.2, 0) is 19.1 Å². The highest BCUT2D eigenvalue weighted by atomic mass is 16.6. The first kappa shape index (κ1) is 23.2. The van der Waals surface area contributed by atoms with Crippen LogP contribution >= 0.6 is 0 Å². The molecule has 0 saturated carbocycles. The zero-order chi connectivity index (χ0) is 21.6.